The van der Waals surface area contributed by atoms with Crippen molar-refractivity contribution in [1.29, 1.82) is 0 Å². The van der Waals surface area contributed by atoms with Crippen LogP contribution in [0, 0.1) is 0 Å². The molecule has 112 valence electrons. The second kappa shape index (κ2) is 5.72. The van der Waals surface area contributed by atoms with E-state index in [0.29, 0.717) is 11.3 Å². The van der Waals surface area contributed by atoms with Gasteiger partial charge in [0.15, 0.2) is 0 Å². The van der Waals surface area contributed by atoms with Gasteiger partial charge in [-0.15, -0.1) is 11.3 Å². The summed E-state index contributed by atoms with van der Waals surface area (Å²) in [5.74, 6) is 0. The highest BCUT2D eigenvalue weighted by atomic mass is 32.1. The van der Waals surface area contributed by atoms with Gasteiger partial charge >= 0.3 is 0 Å². The molecule has 2 aromatic rings. The normalized spacial score (nSPS) is 16.7. The third-order valence-electron chi connectivity index (χ3n) is 4.02. The quantitative estimate of drug-likeness (QED) is 0.751. The van der Waals surface area contributed by atoms with Crippen LogP contribution in [0.15, 0.2) is 76.1 Å². The van der Waals surface area contributed by atoms with E-state index in [0.717, 1.165) is 38.6 Å². The molecule has 1 aromatic heterocycles. The molecular weight excluding hydrogens is 322 g/mol. The molecule has 2 aliphatic rings. The van der Waals surface area contributed by atoms with Gasteiger partial charge in [-0.05, 0) is 36.1 Å². The summed E-state index contributed by atoms with van der Waals surface area (Å²) in [5, 5.41) is 2.07. The Labute approximate surface area is 142 Å². The van der Waals surface area contributed by atoms with E-state index in [1.165, 1.54) is 4.88 Å². The Balaban J connectivity index is 2.03. The molecule has 0 unspecified atom stereocenters. The van der Waals surface area contributed by atoms with Crippen LogP contribution in [0.2, 0.25) is 0 Å². The van der Waals surface area contributed by atoms with Gasteiger partial charge in [-0.3, -0.25) is 0 Å². The summed E-state index contributed by atoms with van der Waals surface area (Å²) in [6, 6.07) is 14.4. The summed E-state index contributed by atoms with van der Waals surface area (Å²) >= 11 is 2.25. The molecule has 1 aromatic carbocycles. The van der Waals surface area contributed by atoms with Crippen LogP contribution in [0.25, 0.3) is 11.3 Å². The molecule has 23 heavy (non-hydrogen) atoms. The van der Waals surface area contributed by atoms with Gasteiger partial charge < -0.3 is 0 Å². The number of fused-ring (bicyclic) bond motifs is 1. The van der Waals surface area contributed by atoms with Gasteiger partial charge in [0.1, 0.15) is 0 Å². The number of thiophene rings is 1. The molecule has 0 amide bonds. The Kier molecular flexibility index (Phi) is 3.56. The molecule has 0 N–H and O–H groups in total. The summed E-state index contributed by atoms with van der Waals surface area (Å²) in [6.45, 7) is 2.01. The topological polar surface area (TPSA) is 29.4 Å². The molecule has 2 heterocycles. The van der Waals surface area contributed by atoms with Crippen molar-refractivity contribution in [2.75, 3.05) is 0 Å². The highest BCUT2D eigenvalue weighted by molar-refractivity contribution is 7.67. The monoisotopic (exact) mass is 335 g/mol. The smallest absolute Gasteiger partial charge is 0.0968 e. The average Bonchev–Trinajstić information content (AvgIpc) is 3.23. The fourth-order valence-electron chi connectivity index (χ4n) is 2.94. The first-order valence-electron chi connectivity index (χ1n) is 7.28. The maximum atomic E-state index is 11.4. The van der Waals surface area contributed by atoms with Crippen LogP contribution < -0.4 is 0 Å². The van der Waals surface area contributed by atoms with Crippen LogP contribution in [0.3, 0.4) is 0 Å². The van der Waals surface area contributed by atoms with Crippen molar-refractivity contribution in [2.24, 2.45) is 4.99 Å². The predicted molar refractivity (Wildman–Crippen MR) is 100.0 cm³/mol. The summed E-state index contributed by atoms with van der Waals surface area (Å²) in [6.07, 6.45) is 3.82. The van der Waals surface area contributed by atoms with Gasteiger partial charge in [-0.25, -0.2) is 9.20 Å². The van der Waals surface area contributed by atoms with E-state index >= 15 is 0 Å². The molecule has 0 fully saturated rings. The van der Waals surface area contributed by atoms with Crippen LogP contribution in [0.1, 0.15) is 17.4 Å². The third-order valence-corrected chi connectivity index (χ3v) is 5.53. The second-order valence-corrected chi connectivity index (χ2v) is 6.90. The van der Waals surface area contributed by atoms with E-state index in [-0.39, 0.29) is 0 Å². The van der Waals surface area contributed by atoms with Crippen molar-refractivity contribution in [2.45, 2.75) is 6.92 Å². The molecule has 0 bridgehead atoms. The number of hydrogen-bond donors (Lipinski definition) is 0. The first-order valence-corrected chi connectivity index (χ1v) is 8.91. The molecule has 0 radical (unpaired) electrons. The lowest BCUT2D eigenvalue weighted by Gasteiger charge is -2.14. The molecule has 0 saturated heterocycles. The van der Waals surface area contributed by atoms with Crippen molar-refractivity contribution in [1.82, 2.24) is 0 Å². The van der Waals surface area contributed by atoms with Crippen LogP contribution >= 0.6 is 11.3 Å². The van der Waals surface area contributed by atoms with Gasteiger partial charge in [-0.2, -0.15) is 0 Å². The first-order chi connectivity index (χ1) is 11.3. The largest absolute Gasteiger partial charge is 0.247 e. The number of benzene rings is 1. The second-order valence-electron chi connectivity index (χ2n) is 5.34. The number of nitrogens with zero attached hydrogens (tertiary/aromatic N) is 1. The maximum Gasteiger partial charge on any atom is 0.0968 e. The highest BCUT2D eigenvalue weighted by Crippen LogP contribution is 2.43. The van der Waals surface area contributed by atoms with E-state index in [9.17, 15) is 4.21 Å². The zero-order valence-corrected chi connectivity index (χ0v) is 14.1. The van der Waals surface area contributed by atoms with Gasteiger partial charge in [0.05, 0.1) is 27.5 Å². The van der Waals surface area contributed by atoms with Crippen LogP contribution in [-0.2, 0) is 11.3 Å². The van der Waals surface area contributed by atoms with E-state index in [4.69, 9.17) is 4.99 Å². The Morgan fingerprint density at radius 1 is 1.00 bits per heavy atom. The third kappa shape index (κ3) is 2.31. The lowest BCUT2D eigenvalue weighted by atomic mass is 9.90. The van der Waals surface area contributed by atoms with Gasteiger partial charge in [0.25, 0.3) is 0 Å². The lowest BCUT2D eigenvalue weighted by molar-refractivity contribution is 0.701. The Morgan fingerprint density at radius 2 is 1.83 bits per heavy atom. The van der Waals surface area contributed by atoms with E-state index in [2.05, 4.69) is 29.6 Å². The van der Waals surface area contributed by atoms with Gasteiger partial charge in [-0.1, -0.05) is 36.4 Å². The van der Waals surface area contributed by atoms with Crippen molar-refractivity contribution in [3.05, 3.63) is 81.6 Å². The van der Waals surface area contributed by atoms with Crippen molar-refractivity contribution in [3.8, 4) is 0 Å². The van der Waals surface area contributed by atoms with E-state index < -0.39 is 0 Å². The molecular formula is C19H13NOS2. The fourth-order valence-corrected chi connectivity index (χ4v) is 4.07. The Hall–Kier alpha value is -2.30. The highest BCUT2D eigenvalue weighted by Gasteiger charge is 2.29. The van der Waals surface area contributed by atoms with E-state index in [1.54, 1.807) is 11.3 Å². The average molecular weight is 335 g/mol. The molecule has 4 heteroatoms. The number of rotatable bonds is 2. The Morgan fingerprint density at radius 3 is 2.52 bits per heavy atom. The molecule has 0 saturated carbocycles. The van der Waals surface area contributed by atoms with Crippen molar-refractivity contribution < 1.29 is 4.21 Å². The number of aliphatic imine (C=N–C) groups is 1. The lowest BCUT2D eigenvalue weighted by Crippen LogP contribution is -2.11. The van der Waals surface area contributed by atoms with Crippen LogP contribution in [0.4, 0.5) is 0 Å². The summed E-state index contributed by atoms with van der Waals surface area (Å²) in [4.78, 5) is 6.82. The summed E-state index contributed by atoms with van der Waals surface area (Å²) < 4.78 is 11.4. The minimum absolute atomic E-state index is 0.547. The SMILES string of the molecule is CC1=C2C(=NC(c3ccccc3)=C2c2cccs2)C=CC1=S=O. The standard InChI is InChI=1S/C19H13NOS2/c1-12-15(23-21)10-9-14-17(12)18(16-8-5-11-22-16)19(20-14)13-6-3-2-4-7-13/h2-11H,1H3. The molecule has 1 aliphatic heterocycles. The van der Waals surface area contributed by atoms with Crippen molar-refractivity contribution in [3.63, 3.8) is 0 Å². The fraction of sp³-hybridized carbons (Fsp3) is 0.0526. The summed E-state index contributed by atoms with van der Waals surface area (Å²) in [5.41, 5.74) is 6.27. The van der Waals surface area contributed by atoms with Crippen LogP contribution in [-0.4, -0.2) is 14.8 Å². The Bertz CT molecular complexity index is 954. The van der Waals surface area contributed by atoms with Crippen molar-refractivity contribution >= 4 is 44.4 Å². The molecule has 1 aliphatic carbocycles. The molecule has 0 atom stereocenters. The predicted octanol–water partition coefficient (Wildman–Crippen LogP) is 4.34. The number of hydrogen-bond acceptors (Lipinski definition) is 3. The molecule has 2 nitrogen and oxygen atoms in total. The minimum atomic E-state index is 0.547. The van der Waals surface area contributed by atoms with Gasteiger partial charge in [0, 0.05) is 21.6 Å². The first kappa shape index (κ1) is 14.3. The van der Waals surface area contributed by atoms with Crippen LogP contribution in [0.5, 0.6) is 0 Å². The minimum Gasteiger partial charge on any atom is -0.247 e. The maximum absolute atomic E-state index is 11.4. The van der Waals surface area contributed by atoms with Gasteiger partial charge in [0.2, 0.25) is 0 Å². The molecule has 0 spiro atoms. The molecule has 4 rings (SSSR count). The number of allylic oxidation sites excluding steroid dienone is 5. The zero-order valence-electron chi connectivity index (χ0n) is 12.4. The van der Waals surface area contributed by atoms with E-state index in [1.807, 2.05) is 37.3 Å². The zero-order chi connectivity index (χ0) is 15.8. The summed E-state index contributed by atoms with van der Waals surface area (Å²) in [7, 11) is 0.